The molecule has 0 saturated carbocycles. The molecule has 0 aromatic rings. The van der Waals surface area contributed by atoms with E-state index in [1.807, 2.05) is 6.92 Å². The lowest BCUT2D eigenvalue weighted by Gasteiger charge is -2.34. The quantitative estimate of drug-likeness (QED) is 0.730. The Morgan fingerprint density at radius 2 is 2.12 bits per heavy atom. The Bertz CT molecular complexity index is 243. The van der Waals surface area contributed by atoms with Gasteiger partial charge >= 0.3 is 0 Å². The maximum Gasteiger partial charge on any atom is 0.166 e. The summed E-state index contributed by atoms with van der Waals surface area (Å²) in [6.07, 6.45) is 2.19. The Kier molecular flexibility index (Phi) is 6.16. The molecule has 1 atom stereocenters. The van der Waals surface area contributed by atoms with Crippen molar-refractivity contribution in [3.63, 3.8) is 0 Å². The highest BCUT2D eigenvalue weighted by Crippen LogP contribution is 2.28. The normalized spacial score (nSPS) is 20.6. The molecule has 1 rings (SSSR count). The van der Waals surface area contributed by atoms with Crippen molar-refractivity contribution in [1.29, 1.82) is 0 Å². The van der Waals surface area contributed by atoms with Crippen molar-refractivity contribution in [3.8, 4) is 0 Å². The van der Waals surface area contributed by atoms with E-state index in [0.29, 0.717) is 17.1 Å². The van der Waals surface area contributed by atoms with Crippen LogP contribution in [-0.4, -0.2) is 44.6 Å². The molecule has 1 fully saturated rings. The summed E-state index contributed by atoms with van der Waals surface area (Å²) >= 11 is 5.25. The van der Waals surface area contributed by atoms with Crippen molar-refractivity contribution in [2.45, 2.75) is 32.7 Å². The van der Waals surface area contributed by atoms with Crippen molar-refractivity contribution in [1.82, 2.24) is 10.6 Å². The molecule has 1 heterocycles. The van der Waals surface area contributed by atoms with Gasteiger partial charge in [-0.3, -0.25) is 0 Å². The molecule has 1 aliphatic heterocycles. The average molecular weight is 260 g/mol. The van der Waals surface area contributed by atoms with E-state index in [1.165, 1.54) is 0 Å². The van der Waals surface area contributed by atoms with Gasteiger partial charge < -0.3 is 20.1 Å². The first-order valence-corrected chi connectivity index (χ1v) is 6.58. The lowest BCUT2D eigenvalue weighted by atomic mass is 9.82. The Hall–Kier alpha value is -0.390. The summed E-state index contributed by atoms with van der Waals surface area (Å²) in [4.78, 5) is 0. The maximum absolute atomic E-state index is 5.38. The number of rotatable bonds is 5. The van der Waals surface area contributed by atoms with E-state index in [0.717, 1.165) is 32.6 Å². The highest BCUT2D eigenvalue weighted by molar-refractivity contribution is 7.80. The third kappa shape index (κ3) is 5.66. The van der Waals surface area contributed by atoms with E-state index >= 15 is 0 Å². The summed E-state index contributed by atoms with van der Waals surface area (Å²) in [5.41, 5.74) is 0.300. The zero-order valence-corrected chi connectivity index (χ0v) is 11.9. The Morgan fingerprint density at radius 3 is 2.71 bits per heavy atom. The molecule has 1 unspecified atom stereocenters. The first-order chi connectivity index (χ1) is 8.06. The lowest BCUT2D eigenvalue weighted by Crippen LogP contribution is -2.46. The van der Waals surface area contributed by atoms with Crippen molar-refractivity contribution in [3.05, 3.63) is 0 Å². The zero-order chi connectivity index (χ0) is 12.7. The van der Waals surface area contributed by atoms with Gasteiger partial charge in [-0.1, -0.05) is 6.92 Å². The smallest absolute Gasteiger partial charge is 0.166 e. The Morgan fingerprint density at radius 1 is 1.47 bits per heavy atom. The largest absolute Gasteiger partial charge is 0.383 e. The number of ether oxygens (including phenoxy) is 2. The molecular formula is C12H24N2O2S. The van der Waals surface area contributed by atoms with Crippen LogP contribution in [0.4, 0.5) is 0 Å². The highest BCUT2D eigenvalue weighted by Gasteiger charge is 2.27. The van der Waals surface area contributed by atoms with Crippen LogP contribution < -0.4 is 10.6 Å². The molecule has 1 aliphatic rings. The van der Waals surface area contributed by atoms with Crippen LogP contribution in [0.25, 0.3) is 0 Å². The summed E-state index contributed by atoms with van der Waals surface area (Å²) in [5, 5.41) is 7.20. The number of hydrogen-bond acceptors (Lipinski definition) is 3. The van der Waals surface area contributed by atoms with E-state index in [9.17, 15) is 0 Å². The molecule has 0 aliphatic carbocycles. The van der Waals surface area contributed by atoms with E-state index < -0.39 is 0 Å². The van der Waals surface area contributed by atoms with Crippen molar-refractivity contribution in [2.75, 3.05) is 33.5 Å². The second kappa shape index (κ2) is 7.13. The van der Waals surface area contributed by atoms with Crippen LogP contribution >= 0.6 is 12.2 Å². The molecule has 5 heteroatoms. The van der Waals surface area contributed by atoms with Gasteiger partial charge in [-0.05, 0) is 37.4 Å². The van der Waals surface area contributed by atoms with Gasteiger partial charge in [0.15, 0.2) is 5.11 Å². The monoisotopic (exact) mass is 260 g/mol. The van der Waals surface area contributed by atoms with Crippen LogP contribution in [-0.2, 0) is 9.47 Å². The van der Waals surface area contributed by atoms with Crippen LogP contribution in [0.2, 0.25) is 0 Å². The molecule has 4 nitrogen and oxygen atoms in total. The molecule has 100 valence electrons. The van der Waals surface area contributed by atoms with Crippen LogP contribution in [0.5, 0.6) is 0 Å². The molecule has 0 aromatic heterocycles. The summed E-state index contributed by atoms with van der Waals surface area (Å²) in [6, 6.07) is 0.238. The Balaban J connectivity index is 2.22. The molecule has 2 N–H and O–H groups in total. The van der Waals surface area contributed by atoms with Crippen molar-refractivity contribution < 1.29 is 9.47 Å². The summed E-state index contributed by atoms with van der Waals surface area (Å²) in [6.45, 7) is 7.61. The summed E-state index contributed by atoms with van der Waals surface area (Å²) in [5.74, 6) is 0. The molecular weight excluding hydrogens is 236 g/mol. The van der Waals surface area contributed by atoms with Gasteiger partial charge in [0.1, 0.15) is 0 Å². The fourth-order valence-electron chi connectivity index (χ4n) is 1.90. The average Bonchev–Trinajstić information content (AvgIpc) is 2.28. The number of methoxy groups -OCH3 is 1. The van der Waals surface area contributed by atoms with Crippen molar-refractivity contribution in [2.24, 2.45) is 5.41 Å². The maximum atomic E-state index is 5.38. The van der Waals surface area contributed by atoms with E-state index in [-0.39, 0.29) is 6.04 Å². The zero-order valence-electron chi connectivity index (χ0n) is 11.0. The predicted molar refractivity (Wildman–Crippen MR) is 73.2 cm³/mol. The minimum atomic E-state index is 0.238. The molecule has 0 bridgehead atoms. The predicted octanol–water partition coefficient (Wildman–Crippen LogP) is 1.30. The first kappa shape index (κ1) is 14.7. The third-order valence-corrected chi connectivity index (χ3v) is 3.43. The van der Waals surface area contributed by atoms with Crippen LogP contribution in [0.3, 0.4) is 0 Å². The van der Waals surface area contributed by atoms with Gasteiger partial charge in [0, 0.05) is 32.9 Å². The summed E-state index contributed by atoms with van der Waals surface area (Å²) in [7, 11) is 1.69. The highest BCUT2D eigenvalue weighted by atomic mass is 32.1. The van der Waals surface area contributed by atoms with Gasteiger partial charge in [0.2, 0.25) is 0 Å². The lowest BCUT2D eigenvalue weighted by molar-refractivity contribution is 0.0261. The number of hydrogen-bond donors (Lipinski definition) is 2. The van der Waals surface area contributed by atoms with Gasteiger partial charge in [0.05, 0.1) is 6.61 Å². The second-order valence-electron chi connectivity index (χ2n) is 5.11. The SMILES string of the molecule is COCC(C)NC(=S)NCC1(C)CCOCC1. The molecule has 0 amide bonds. The fraction of sp³-hybridized carbons (Fsp3) is 0.917. The fourth-order valence-corrected chi connectivity index (χ4v) is 2.17. The van der Waals surface area contributed by atoms with Crippen LogP contribution in [0.15, 0.2) is 0 Å². The Labute approximate surface area is 109 Å². The van der Waals surface area contributed by atoms with Gasteiger partial charge in [0.25, 0.3) is 0 Å². The summed E-state index contributed by atoms with van der Waals surface area (Å²) < 4.78 is 10.4. The van der Waals surface area contributed by atoms with Crippen LogP contribution in [0.1, 0.15) is 26.7 Å². The van der Waals surface area contributed by atoms with Gasteiger partial charge in [-0.2, -0.15) is 0 Å². The molecule has 0 aromatic carbocycles. The molecule has 0 spiro atoms. The van der Waals surface area contributed by atoms with E-state index in [4.69, 9.17) is 21.7 Å². The van der Waals surface area contributed by atoms with Crippen LogP contribution in [0, 0.1) is 5.41 Å². The molecule has 17 heavy (non-hydrogen) atoms. The minimum Gasteiger partial charge on any atom is -0.383 e. The minimum absolute atomic E-state index is 0.238. The topological polar surface area (TPSA) is 42.5 Å². The number of thiocarbonyl (C=S) groups is 1. The molecule has 1 saturated heterocycles. The number of nitrogens with one attached hydrogen (secondary N) is 2. The van der Waals surface area contributed by atoms with E-state index in [1.54, 1.807) is 7.11 Å². The third-order valence-electron chi connectivity index (χ3n) is 3.17. The first-order valence-electron chi connectivity index (χ1n) is 6.17. The van der Waals surface area contributed by atoms with Gasteiger partial charge in [-0.25, -0.2) is 0 Å². The van der Waals surface area contributed by atoms with Gasteiger partial charge in [-0.15, -0.1) is 0 Å². The van der Waals surface area contributed by atoms with Crippen molar-refractivity contribution >= 4 is 17.3 Å². The second-order valence-corrected chi connectivity index (χ2v) is 5.51. The molecule has 0 radical (unpaired) electrons. The standard InChI is InChI=1S/C12H24N2O2S/c1-10(8-15-3)14-11(17)13-9-12(2)4-6-16-7-5-12/h10H,4-9H2,1-3H3,(H2,13,14,17). The van der Waals surface area contributed by atoms with E-state index in [2.05, 4.69) is 17.6 Å².